The van der Waals surface area contributed by atoms with Gasteiger partial charge in [0.05, 0.1) is 0 Å². The minimum atomic E-state index is 0.0131. The van der Waals surface area contributed by atoms with Crippen molar-refractivity contribution in [3.05, 3.63) is 60.2 Å². The number of rotatable bonds is 5. The molecule has 5 nitrogen and oxygen atoms in total. The van der Waals surface area contributed by atoms with Crippen LogP contribution in [0, 0.1) is 5.92 Å². The predicted octanol–water partition coefficient (Wildman–Crippen LogP) is 4.34. The lowest BCUT2D eigenvalue weighted by molar-refractivity contribution is -0.133. The molecule has 2 aliphatic rings. The lowest BCUT2D eigenvalue weighted by Crippen LogP contribution is -2.50. The van der Waals surface area contributed by atoms with Crippen LogP contribution in [0.4, 0.5) is 0 Å². The van der Waals surface area contributed by atoms with Gasteiger partial charge >= 0.3 is 0 Å². The zero-order chi connectivity index (χ0) is 20.1. The summed E-state index contributed by atoms with van der Waals surface area (Å²) in [6, 6.07) is 16.8. The minimum absolute atomic E-state index is 0.0131. The predicted molar refractivity (Wildman–Crippen MR) is 112 cm³/mol. The van der Waals surface area contributed by atoms with Crippen molar-refractivity contribution < 1.29 is 14.3 Å². The fraction of sp³-hybridized carbons (Fsp3) is 0.417. The topological polar surface area (TPSA) is 49.9 Å². The van der Waals surface area contributed by atoms with Gasteiger partial charge in [-0.15, -0.1) is 0 Å². The Kier molecular flexibility index (Phi) is 6.13. The van der Waals surface area contributed by atoms with Crippen LogP contribution >= 0.6 is 0 Å². The third-order valence-electron chi connectivity index (χ3n) is 5.94. The maximum atomic E-state index is 12.8. The number of amides is 2. The molecule has 1 saturated heterocycles. The molecule has 0 radical (unpaired) electrons. The molecule has 1 saturated carbocycles. The Morgan fingerprint density at radius 3 is 2.03 bits per heavy atom. The lowest BCUT2D eigenvalue weighted by atomic mass is 10.0. The number of para-hydroxylation sites is 1. The highest BCUT2D eigenvalue weighted by atomic mass is 16.5. The molecule has 0 atom stereocenters. The molecule has 4 rings (SSSR count). The van der Waals surface area contributed by atoms with Crippen molar-refractivity contribution in [1.82, 2.24) is 9.80 Å². The molecular weight excluding hydrogens is 364 g/mol. The summed E-state index contributed by atoms with van der Waals surface area (Å²) in [7, 11) is 0. The third kappa shape index (κ3) is 4.97. The quantitative estimate of drug-likeness (QED) is 0.760. The number of ether oxygens (including phenoxy) is 1. The summed E-state index contributed by atoms with van der Waals surface area (Å²) >= 11 is 0. The van der Waals surface area contributed by atoms with Gasteiger partial charge in [-0.05, 0) is 55.2 Å². The molecule has 1 aliphatic carbocycles. The van der Waals surface area contributed by atoms with Crippen molar-refractivity contribution >= 4 is 11.8 Å². The number of benzene rings is 2. The van der Waals surface area contributed by atoms with Gasteiger partial charge in [-0.2, -0.15) is 0 Å². The van der Waals surface area contributed by atoms with E-state index in [-0.39, 0.29) is 11.8 Å². The Morgan fingerprint density at radius 2 is 1.38 bits per heavy atom. The van der Waals surface area contributed by atoms with Crippen LogP contribution in [0.15, 0.2) is 54.6 Å². The summed E-state index contributed by atoms with van der Waals surface area (Å²) in [4.78, 5) is 29.1. The largest absolute Gasteiger partial charge is 0.457 e. The number of piperazine rings is 1. The van der Waals surface area contributed by atoms with E-state index in [1.165, 1.54) is 25.7 Å². The fourth-order valence-electron chi connectivity index (χ4n) is 4.22. The lowest BCUT2D eigenvalue weighted by Gasteiger charge is -2.35. The SMILES string of the molecule is O=C(CC1CCCC1)N1CCN(C(=O)c2ccc(Oc3ccccc3)cc2)CC1. The maximum absolute atomic E-state index is 12.8. The number of carbonyl (C=O) groups is 2. The van der Waals surface area contributed by atoms with E-state index in [9.17, 15) is 9.59 Å². The summed E-state index contributed by atoms with van der Waals surface area (Å²) in [6.07, 6.45) is 5.57. The molecular formula is C24H28N2O3. The molecule has 0 unspecified atom stereocenters. The van der Waals surface area contributed by atoms with E-state index >= 15 is 0 Å². The highest BCUT2D eigenvalue weighted by Crippen LogP contribution is 2.28. The number of hydrogen-bond acceptors (Lipinski definition) is 3. The van der Waals surface area contributed by atoms with Gasteiger partial charge in [0, 0.05) is 38.2 Å². The second-order valence-corrected chi connectivity index (χ2v) is 7.97. The van der Waals surface area contributed by atoms with Crippen molar-refractivity contribution in [2.24, 2.45) is 5.92 Å². The van der Waals surface area contributed by atoms with Crippen LogP contribution in [-0.4, -0.2) is 47.8 Å². The van der Waals surface area contributed by atoms with E-state index < -0.39 is 0 Å². The van der Waals surface area contributed by atoms with Crippen LogP contribution in [0.1, 0.15) is 42.5 Å². The molecule has 0 bridgehead atoms. The zero-order valence-electron chi connectivity index (χ0n) is 16.8. The Bertz CT molecular complexity index is 821. The first-order chi connectivity index (χ1) is 14.2. The molecule has 2 amide bonds. The van der Waals surface area contributed by atoms with Crippen molar-refractivity contribution in [3.8, 4) is 11.5 Å². The molecule has 5 heteroatoms. The highest BCUT2D eigenvalue weighted by Gasteiger charge is 2.27. The summed E-state index contributed by atoms with van der Waals surface area (Å²) in [5.74, 6) is 2.31. The average Bonchev–Trinajstić information content (AvgIpc) is 3.28. The normalized spacial score (nSPS) is 17.4. The summed E-state index contributed by atoms with van der Waals surface area (Å²) in [5, 5.41) is 0. The Labute approximate surface area is 172 Å². The number of hydrogen-bond donors (Lipinski definition) is 0. The fourth-order valence-corrected chi connectivity index (χ4v) is 4.22. The standard InChI is InChI=1S/C24H28N2O3/c27-23(18-19-6-4-5-7-19)25-14-16-26(17-15-25)24(28)20-10-12-22(13-11-20)29-21-8-2-1-3-9-21/h1-3,8-13,19H,4-7,14-18H2. The molecule has 2 aromatic carbocycles. The molecule has 1 heterocycles. The second-order valence-electron chi connectivity index (χ2n) is 7.97. The summed E-state index contributed by atoms with van der Waals surface area (Å²) in [6.45, 7) is 2.45. The van der Waals surface area contributed by atoms with Gasteiger partial charge in [0.1, 0.15) is 11.5 Å². The van der Waals surface area contributed by atoms with Crippen LogP contribution in [0.5, 0.6) is 11.5 Å². The smallest absolute Gasteiger partial charge is 0.253 e. The van der Waals surface area contributed by atoms with Gasteiger partial charge in [-0.3, -0.25) is 9.59 Å². The molecule has 152 valence electrons. The van der Waals surface area contributed by atoms with Crippen molar-refractivity contribution in [2.45, 2.75) is 32.1 Å². The zero-order valence-corrected chi connectivity index (χ0v) is 16.8. The van der Waals surface area contributed by atoms with Crippen LogP contribution in [0.2, 0.25) is 0 Å². The first-order valence-corrected chi connectivity index (χ1v) is 10.6. The van der Waals surface area contributed by atoms with Crippen LogP contribution in [0.3, 0.4) is 0 Å². The van der Waals surface area contributed by atoms with Crippen molar-refractivity contribution in [1.29, 1.82) is 0 Å². The number of nitrogens with zero attached hydrogens (tertiary/aromatic N) is 2. The van der Waals surface area contributed by atoms with E-state index in [2.05, 4.69) is 0 Å². The molecule has 1 aliphatic heterocycles. The first kappa shape index (κ1) is 19.5. The molecule has 2 aromatic rings. The molecule has 0 N–H and O–H groups in total. The maximum Gasteiger partial charge on any atom is 0.253 e. The van der Waals surface area contributed by atoms with E-state index in [4.69, 9.17) is 4.74 Å². The molecule has 0 aromatic heterocycles. The van der Waals surface area contributed by atoms with Crippen molar-refractivity contribution in [2.75, 3.05) is 26.2 Å². The van der Waals surface area contributed by atoms with Gasteiger partial charge in [-0.1, -0.05) is 31.0 Å². The van der Waals surface area contributed by atoms with Gasteiger partial charge in [0.15, 0.2) is 0 Å². The van der Waals surface area contributed by atoms with Gasteiger partial charge in [0.25, 0.3) is 5.91 Å². The van der Waals surface area contributed by atoms with Crippen LogP contribution < -0.4 is 4.74 Å². The van der Waals surface area contributed by atoms with E-state index in [0.29, 0.717) is 49.8 Å². The van der Waals surface area contributed by atoms with Gasteiger partial charge < -0.3 is 14.5 Å². The van der Waals surface area contributed by atoms with Crippen LogP contribution in [0.25, 0.3) is 0 Å². The third-order valence-corrected chi connectivity index (χ3v) is 5.94. The first-order valence-electron chi connectivity index (χ1n) is 10.6. The van der Waals surface area contributed by atoms with Crippen LogP contribution in [-0.2, 0) is 4.79 Å². The Morgan fingerprint density at radius 1 is 0.793 bits per heavy atom. The summed E-state index contributed by atoms with van der Waals surface area (Å²) in [5.41, 5.74) is 0.649. The van der Waals surface area contributed by atoms with Gasteiger partial charge in [0.2, 0.25) is 5.91 Å². The molecule has 29 heavy (non-hydrogen) atoms. The van der Waals surface area contributed by atoms with Gasteiger partial charge in [-0.25, -0.2) is 0 Å². The average molecular weight is 392 g/mol. The minimum Gasteiger partial charge on any atom is -0.457 e. The van der Waals surface area contributed by atoms with E-state index in [1.54, 1.807) is 12.1 Å². The Hall–Kier alpha value is -2.82. The van der Waals surface area contributed by atoms with Crippen molar-refractivity contribution in [3.63, 3.8) is 0 Å². The van der Waals surface area contributed by atoms with E-state index in [0.717, 1.165) is 5.75 Å². The molecule has 2 fully saturated rings. The summed E-state index contributed by atoms with van der Waals surface area (Å²) < 4.78 is 5.78. The monoisotopic (exact) mass is 392 g/mol. The molecule has 0 spiro atoms. The van der Waals surface area contributed by atoms with E-state index in [1.807, 2.05) is 52.3 Å². The number of carbonyl (C=O) groups excluding carboxylic acids is 2. The Balaban J connectivity index is 1.28. The highest BCUT2D eigenvalue weighted by molar-refractivity contribution is 5.94. The second kappa shape index (κ2) is 9.12.